The van der Waals surface area contributed by atoms with Crippen molar-refractivity contribution in [1.82, 2.24) is 10.2 Å². The first kappa shape index (κ1) is 18.8. The number of rotatable bonds is 6. The van der Waals surface area contributed by atoms with Gasteiger partial charge in [0.05, 0.1) is 26.4 Å². The molecular formula is C20H31N3O3. The smallest absolute Gasteiger partial charge is 0.194 e. The molecule has 1 atom stereocenters. The number of hydrogen-bond donors (Lipinski definition) is 2. The minimum Gasteiger partial charge on any atom is -0.497 e. The molecule has 2 fully saturated rings. The highest BCUT2D eigenvalue weighted by atomic mass is 16.5. The van der Waals surface area contributed by atoms with Crippen LogP contribution in [0.3, 0.4) is 0 Å². The van der Waals surface area contributed by atoms with Crippen LogP contribution in [-0.4, -0.2) is 62.0 Å². The Hall–Kier alpha value is -1.95. The Balaban J connectivity index is 1.70. The number of likely N-dealkylation sites (tertiary alicyclic amines) is 1. The highest BCUT2D eigenvalue weighted by Gasteiger charge is 2.35. The second kappa shape index (κ2) is 8.16. The zero-order valence-corrected chi connectivity index (χ0v) is 16.1. The predicted molar refractivity (Wildman–Crippen MR) is 103 cm³/mol. The van der Waals surface area contributed by atoms with Crippen molar-refractivity contribution in [2.75, 3.05) is 40.4 Å². The molecule has 0 amide bonds. The summed E-state index contributed by atoms with van der Waals surface area (Å²) >= 11 is 0. The van der Waals surface area contributed by atoms with Gasteiger partial charge in [-0.25, -0.2) is 0 Å². The van der Waals surface area contributed by atoms with E-state index < -0.39 is 5.60 Å². The lowest BCUT2D eigenvalue weighted by atomic mass is 9.80. The van der Waals surface area contributed by atoms with Gasteiger partial charge in [-0.3, -0.25) is 4.99 Å². The largest absolute Gasteiger partial charge is 0.497 e. The molecule has 1 saturated heterocycles. The van der Waals surface area contributed by atoms with Crippen LogP contribution < -0.4 is 14.8 Å². The first-order valence-electron chi connectivity index (χ1n) is 9.55. The summed E-state index contributed by atoms with van der Waals surface area (Å²) in [6, 6.07) is 6.09. The molecule has 0 spiro atoms. The molecule has 3 rings (SSSR count). The Morgan fingerprint density at radius 3 is 2.50 bits per heavy atom. The van der Waals surface area contributed by atoms with Crippen LogP contribution in [0.15, 0.2) is 23.2 Å². The quantitative estimate of drug-likeness (QED) is 0.602. The van der Waals surface area contributed by atoms with Crippen molar-refractivity contribution in [2.24, 2.45) is 4.99 Å². The number of guanidine groups is 1. The molecule has 2 N–H and O–H groups in total. The third-order valence-corrected chi connectivity index (χ3v) is 5.48. The summed E-state index contributed by atoms with van der Waals surface area (Å²) in [5.41, 5.74) is 0.650. The molecule has 1 aliphatic carbocycles. The molecule has 2 aliphatic rings. The minimum atomic E-state index is -0.583. The monoisotopic (exact) mass is 361 g/mol. The van der Waals surface area contributed by atoms with Crippen molar-refractivity contribution >= 4 is 5.96 Å². The van der Waals surface area contributed by atoms with E-state index >= 15 is 0 Å². The maximum absolute atomic E-state index is 10.3. The molecule has 1 heterocycles. The standard InChI is InChI=1S/C20H31N3O3/c1-4-21-19(22-14-20(24)7-5-8-20)23-9-6-15(13-23)16-10-17(25-2)12-18(11-16)26-3/h10-12,15,24H,4-9,13-14H2,1-3H3,(H,21,22). The summed E-state index contributed by atoms with van der Waals surface area (Å²) < 4.78 is 10.8. The zero-order valence-electron chi connectivity index (χ0n) is 16.1. The summed E-state index contributed by atoms with van der Waals surface area (Å²) in [6.45, 7) is 5.25. The lowest BCUT2D eigenvalue weighted by Crippen LogP contribution is -2.44. The van der Waals surface area contributed by atoms with E-state index in [0.717, 1.165) is 62.8 Å². The predicted octanol–water partition coefficient (Wildman–Crippen LogP) is 2.37. The van der Waals surface area contributed by atoms with E-state index in [2.05, 4.69) is 29.3 Å². The molecular weight excluding hydrogens is 330 g/mol. The van der Waals surface area contributed by atoms with E-state index in [4.69, 9.17) is 14.5 Å². The Morgan fingerprint density at radius 1 is 1.27 bits per heavy atom. The first-order chi connectivity index (χ1) is 12.6. The first-order valence-corrected chi connectivity index (χ1v) is 9.55. The molecule has 1 aliphatic heterocycles. The molecule has 0 radical (unpaired) electrons. The molecule has 1 unspecified atom stereocenters. The highest BCUT2D eigenvalue weighted by Crippen LogP contribution is 2.34. The van der Waals surface area contributed by atoms with Gasteiger partial charge in [-0.05, 0) is 50.3 Å². The fourth-order valence-electron chi connectivity index (χ4n) is 3.68. The van der Waals surface area contributed by atoms with Crippen LogP contribution in [0.5, 0.6) is 11.5 Å². The van der Waals surface area contributed by atoms with Crippen molar-refractivity contribution in [2.45, 2.75) is 44.1 Å². The lowest BCUT2D eigenvalue weighted by Gasteiger charge is -2.35. The van der Waals surface area contributed by atoms with Crippen LogP contribution in [0.2, 0.25) is 0 Å². The van der Waals surface area contributed by atoms with Crippen LogP contribution in [0.1, 0.15) is 44.1 Å². The van der Waals surface area contributed by atoms with E-state index in [1.54, 1.807) is 14.2 Å². The van der Waals surface area contributed by atoms with Gasteiger partial charge in [0.25, 0.3) is 0 Å². The molecule has 1 aromatic carbocycles. The van der Waals surface area contributed by atoms with Gasteiger partial charge < -0.3 is 24.8 Å². The van der Waals surface area contributed by atoms with Gasteiger partial charge in [0, 0.05) is 31.6 Å². The summed E-state index contributed by atoms with van der Waals surface area (Å²) in [4.78, 5) is 7.01. The van der Waals surface area contributed by atoms with Gasteiger partial charge in [-0.2, -0.15) is 0 Å². The van der Waals surface area contributed by atoms with E-state index in [0.29, 0.717) is 12.5 Å². The molecule has 0 bridgehead atoms. The fraction of sp³-hybridized carbons (Fsp3) is 0.650. The third kappa shape index (κ3) is 4.23. The summed E-state index contributed by atoms with van der Waals surface area (Å²) in [5.74, 6) is 2.97. The van der Waals surface area contributed by atoms with Gasteiger partial charge in [0.1, 0.15) is 11.5 Å². The van der Waals surface area contributed by atoms with Gasteiger partial charge in [-0.15, -0.1) is 0 Å². The van der Waals surface area contributed by atoms with Crippen molar-refractivity contribution in [3.63, 3.8) is 0 Å². The topological polar surface area (TPSA) is 66.3 Å². The van der Waals surface area contributed by atoms with Crippen LogP contribution in [0.25, 0.3) is 0 Å². The summed E-state index contributed by atoms with van der Waals surface area (Å²) in [5, 5.41) is 13.7. The second-order valence-corrected chi connectivity index (χ2v) is 7.33. The van der Waals surface area contributed by atoms with Crippen LogP contribution in [0, 0.1) is 0 Å². The van der Waals surface area contributed by atoms with Gasteiger partial charge in [0.15, 0.2) is 5.96 Å². The number of methoxy groups -OCH3 is 2. The minimum absolute atomic E-state index is 0.412. The van der Waals surface area contributed by atoms with E-state index in [9.17, 15) is 5.11 Å². The molecule has 1 aromatic rings. The van der Waals surface area contributed by atoms with Crippen LogP contribution in [0.4, 0.5) is 0 Å². The zero-order chi connectivity index (χ0) is 18.6. The number of hydrogen-bond acceptors (Lipinski definition) is 4. The van der Waals surface area contributed by atoms with Crippen molar-refractivity contribution in [3.05, 3.63) is 23.8 Å². The Bertz CT molecular complexity index is 621. The van der Waals surface area contributed by atoms with Gasteiger partial charge >= 0.3 is 0 Å². The molecule has 6 heteroatoms. The SMILES string of the molecule is CCNC(=NCC1(O)CCC1)N1CCC(c2cc(OC)cc(OC)c2)C1. The number of ether oxygens (including phenoxy) is 2. The summed E-state index contributed by atoms with van der Waals surface area (Å²) in [6.07, 6.45) is 3.89. The molecule has 26 heavy (non-hydrogen) atoms. The van der Waals surface area contributed by atoms with E-state index in [1.165, 1.54) is 5.56 Å². The van der Waals surface area contributed by atoms with Crippen LogP contribution in [-0.2, 0) is 0 Å². The third-order valence-electron chi connectivity index (χ3n) is 5.48. The highest BCUT2D eigenvalue weighted by molar-refractivity contribution is 5.80. The second-order valence-electron chi connectivity index (χ2n) is 7.33. The molecule has 0 aromatic heterocycles. The number of aliphatic hydroxyl groups is 1. The Labute approximate surface area is 156 Å². The molecule has 1 saturated carbocycles. The fourth-order valence-corrected chi connectivity index (χ4v) is 3.68. The van der Waals surface area contributed by atoms with Crippen molar-refractivity contribution in [1.29, 1.82) is 0 Å². The van der Waals surface area contributed by atoms with Gasteiger partial charge in [-0.1, -0.05) is 0 Å². The normalized spacial score (nSPS) is 22.1. The van der Waals surface area contributed by atoms with E-state index in [1.807, 2.05) is 6.07 Å². The maximum atomic E-state index is 10.3. The van der Waals surface area contributed by atoms with Crippen molar-refractivity contribution in [3.8, 4) is 11.5 Å². The number of aliphatic imine (C=N–C) groups is 1. The Morgan fingerprint density at radius 2 is 1.96 bits per heavy atom. The molecule has 6 nitrogen and oxygen atoms in total. The van der Waals surface area contributed by atoms with Crippen LogP contribution >= 0.6 is 0 Å². The van der Waals surface area contributed by atoms with E-state index in [-0.39, 0.29) is 0 Å². The number of nitrogens with zero attached hydrogens (tertiary/aromatic N) is 2. The number of nitrogens with one attached hydrogen (secondary N) is 1. The summed E-state index contributed by atoms with van der Waals surface area (Å²) in [7, 11) is 3.36. The van der Waals surface area contributed by atoms with Crippen molar-refractivity contribution < 1.29 is 14.6 Å². The average molecular weight is 361 g/mol. The van der Waals surface area contributed by atoms with Gasteiger partial charge in [0.2, 0.25) is 0 Å². The lowest BCUT2D eigenvalue weighted by molar-refractivity contribution is -0.0237. The maximum Gasteiger partial charge on any atom is 0.194 e. The molecule has 144 valence electrons. The number of benzene rings is 1. The Kier molecular flexibility index (Phi) is 5.91. The average Bonchev–Trinajstić information content (AvgIpc) is 3.13.